The second-order valence-electron chi connectivity index (χ2n) is 7.10. The van der Waals surface area contributed by atoms with Gasteiger partial charge in [0.05, 0.1) is 18.8 Å². The second-order valence-corrected chi connectivity index (χ2v) is 7.10. The van der Waals surface area contributed by atoms with Crippen LogP contribution in [0.1, 0.15) is 23.1 Å². The minimum absolute atomic E-state index is 0.154. The number of carbonyl (C=O) groups excluding carboxylic acids is 1. The van der Waals surface area contributed by atoms with E-state index < -0.39 is 5.54 Å². The first-order valence-electron chi connectivity index (χ1n) is 9.80. The van der Waals surface area contributed by atoms with E-state index in [9.17, 15) is 4.79 Å². The van der Waals surface area contributed by atoms with Crippen molar-refractivity contribution in [2.45, 2.75) is 18.1 Å². The first-order chi connectivity index (χ1) is 14.2. The van der Waals surface area contributed by atoms with Crippen molar-refractivity contribution >= 4 is 6.03 Å². The molecule has 0 radical (unpaired) electrons. The van der Waals surface area contributed by atoms with Gasteiger partial charge in [-0.05, 0) is 35.2 Å². The molecule has 0 aliphatic carbocycles. The molecule has 1 aliphatic rings. The molecule has 5 heteroatoms. The summed E-state index contributed by atoms with van der Waals surface area (Å²) in [5, 5.41) is 9.62. The fourth-order valence-corrected chi connectivity index (χ4v) is 3.95. The Morgan fingerprint density at radius 2 is 1.41 bits per heavy atom. The Balaban J connectivity index is 1.90. The minimum Gasteiger partial charge on any atom is -0.497 e. The fourth-order valence-electron chi connectivity index (χ4n) is 3.95. The number of hydrogen-bond acceptors (Lipinski definition) is 3. The van der Waals surface area contributed by atoms with Crippen LogP contribution in [0.4, 0.5) is 4.79 Å². The van der Waals surface area contributed by atoms with Crippen LogP contribution in [-0.2, 0) is 5.54 Å². The summed E-state index contributed by atoms with van der Waals surface area (Å²) < 4.78 is 5.37. The Bertz CT molecular complexity index is 903. The maximum absolute atomic E-state index is 12.0. The van der Waals surface area contributed by atoms with Gasteiger partial charge in [-0.15, -0.1) is 0 Å². The third-order valence-electron chi connectivity index (χ3n) is 5.35. The smallest absolute Gasteiger partial charge is 0.316 e. The summed E-state index contributed by atoms with van der Waals surface area (Å²) in [6, 6.07) is 28.6. The summed E-state index contributed by atoms with van der Waals surface area (Å²) in [5.41, 5.74) is 2.64. The SMILES string of the molecule is COc1ccc(C(NC2CCNC(=O)N2)(c2ccccc2)c2ccccc2)cc1. The molecule has 4 rings (SSSR count). The van der Waals surface area contributed by atoms with E-state index in [1.54, 1.807) is 7.11 Å². The lowest BCUT2D eigenvalue weighted by Crippen LogP contribution is -2.61. The summed E-state index contributed by atoms with van der Waals surface area (Å²) in [6.07, 6.45) is 0.606. The largest absolute Gasteiger partial charge is 0.497 e. The zero-order valence-electron chi connectivity index (χ0n) is 16.4. The van der Waals surface area contributed by atoms with Gasteiger partial charge in [0.15, 0.2) is 0 Å². The Morgan fingerprint density at radius 3 is 1.93 bits per heavy atom. The lowest BCUT2D eigenvalue weighted by atomic mass is 9.76. The Kier molecular flexibility index (Phi) is 5.49. The third-order valence-corrected chi connectivity index (χ3v) is 5.35. The molecule has 3 aromatic carbocycles. The number of urea groups is 1. The maximum atomic E-state index is 12.0. The van der Waals surface area contributed by atoms with Crippen LogP contribution in [0.15, 0.2) is 84.9 Å². The van der Waals surface area contributed by atoms with E-state index in [0.717, 1.165) is 28.9 Å². The minimum atomic E-state index is -0.635. The molecule has 1 saturated heterocycles. The van der Waals surface area contributed by atoms with Crippen LogP contribution >= 0.6 is 0 Å². The topological polar surface area (TPSA) is 62.4 Å². The molecular formula is C24H25N3O2. The summed E-state index contributed by atoms with van der Waals surface area (Å²) in [6.45, 7) is 0.631. The number of ether oxygens (including phenoxy) is 1. The van der Waals surface area contributed by atoms with Crippen LogP contribution in [0.25, 0.3) is 0 Å². The molecule has 2 amide bonds. The summed E-state index contributed by atoms with van der Waals surface area (Å²) in [4.78, 5) is 12.0. The molecule has 29 heavy (non-hydrogen) atoms. The molecule has 3 N–H and O–H groups in total. The molecule has 5 nitrogen and oxygen atoms in total. The monoisotopic (exact) mass is 387 g/mol. The predicted molar refractivity (Wildman–Crippen MR) is 114 cm³/mol. The van der Waals surface area contributed by atoms with E-state index in [0.29, 0.717) is 6.54 Å². The van der Waals surface area contributed by atoms with Crippen LogP contribution in [-0.4, -0.2) is 25.9 Å². The Morgan fingerprint density at radius 1 is 0.862 bits per heavy atom. The van der Waals surface area contributed by atoms with Gasteiger partial charge in [-0.25, -0.2) is 4.79 Å². The van der Waals surface area contributed by atoms with Gasteiger partial charge < -0.3 is 15.4 Å². The number of rotatable bonds is 6. The molecule has 0 saturated carbocycles. The van der Waals surface area contributed by atoms with Crippen LogP contribution < -0.4 is 20.7 Å². The van der Waals surface area contributed by atoms with Gasteiger partial charge in [-0.2, -0.15) is 0 Å². The van der Waals surface area contributed by atoms with Crippen LogP contribution in [0.2, 0.25) is 0 Å². The molecule has 0 bridgehead atoms. The van der Waals surface area contributed by atoms with Gasteiger partial charge in [0.25, 0.3) is 0 Å². The van der Waals surface area contributed by atoms with E-state index in [-0.39, 0.29) is 12.2 Å². The van der Waals surface area contributed by atoms with Gasteiger partial charge in [0.2, 0.25) is 0 Å². The van der Waals surface area contributed by atoms with Crippen molar-refractivity contribution in [3.8, 4) is 5.75 Å². The van der Waals surface area contributed by atoms with Crippen molar-refractivity contribution in [2.75, 3.05) is 13.7 Å². The molecule has 1 fully saturated rings. The Hall–Kier alpha value is -3.31. The number of hydrogen-bond donors (Lipinski definition) is 3. The van der Waals surface area contributed by atoms with E-state index in [2.05, 4.69) is 52.3 Å². The predicted octanol–water partition coefficient (Wildman–Crippen LogP) is 3.61. The first-order valence-corrected chi connectivity index (χ1v) is 9.80. The van der Waals surface area contributed by atoms with Gasteiger partial charge in [-0.3, -0.25) is 5.32 Å². The molecule has 1 heterocycles. The van der Waals surface area contributed by atoms with Crippen molar-refractivity contribution < 1.29 is 9.53 Å². The normalized spacial score (nSPS) is 16.6. The second kappa shape index (κ2) is 8.37. The highest BCUT2D eigenvalue weighted by molar-refractivity contribution is 5.75. The first kappa shape index (κ1) is 19.0. The molecule has 148 valence electrons. The number of nitrogens with one attached hydrogen (secondary N) is 3. The molecule has 1 atom stereocenters. The van der Waals surface area contributed by atoms with Crippen molar-refractivity contribution in [1.29, 1.82) is 0 Å². The summed E-state index contributed by atoms with van der Waals surface area (Å²) in [5.74, 6) is 0.805. The van der Waals surface area contributed by atoms with Crippen molar-refractivity contribution in [1.82, 2.24) is 16.0 Å². The van der Waals surface area contributed by atoms with E-state index in [4.69, 9.17) is 4.74 Å². The zero-order chi connectivity index (χ0) is 20.1. The average Bonchev–Trinajstić information content (AvgIpc) is 2.79. The van der Waals surface area contributed by atoms with Crippen LogP contribution in [0.3, 0.4) is 0 Å². The maximum Gasteiger partial charge on any atom is 0.316 e. The summed E-state index contributed by atoms with van der Waals surface area (Å²) in [7, 11) is 1.67. The third kappa shape index (κ3) is 3.82. The quantitative estimate of drug-likeness (QED) is 0.566. The molecule has 0 aromatic heterocycles. The van der Waals surface area contributed by atoms with E-state index >= 15 is 0 Å². The number of methoxy groups -OCH3 is 1. The van der Waals surface area contributed by atoms with Gasteiger partial charge in [0, 0.05) is 6.54 Å². The van der Waals surface area contributed by atoms with Crippen molar-refractivity contribution in [3.05, 3.63) is 102 Å². The van der Waals surface area contributed by atoms with E-state index in [1.165, 1.54) is 0 Å². The lowest BCUT2D eigenvalue weighted by Gasteiger charge is -2.41. The van der Waals surface area contributed by atoms with Gasteiger partial charge in [0.1, 0.15) is 5.75 Å². The Labute approximate surface area is 171 Å². The van der Waals surface area contributed by atoms with Crippen molar-refractivity contribution in [2.24, 2.45) is 0 Å². The summed E-state index contributed by atoms with van der Waals surface area (Å²) >= 11 is 0. The molecule has 1 aliphatic heterocycles. The number of amides is 2. The highest BCUT2D eigenvalue weighted by Gasteiger charge is 2.39. The standard InChI is InChI=1S/C24H25N3O2/c1-29-21-14-12-20(13-15-21)24(18-8-4-2-5-9-18,19-10-6-3-7-11-19)27-22-16-17-25-23(28)26-22/h2-15,22,27H,16-17H2,1H3,(H2,25,26,28). The number of benzene rings is 3. The highest BCUT2D eigenvalue weighted by Crippen LogP contribution is 2.38. The van der Waals surface area contributed by atoms with Crippen LogP contribution in [0, 0.1) is 0 Å². The van der Waals surface area contributed by atoms with E-state index in [1.807, 2.05) is 48.5 Å². The average molecular weight is 387 g/mol. The fraction of sp³-hybridized carbons (Fsp3) is 0.208. The lowest BCUT2D eigenvalue weighted by molar-refractivity contribution is 0.217. The molecule has 1 unspecified atom stereocenters. The number of carbonyl (C=O) groups is 1. The molecule has 0 spiro atoms. The van der Waals surface area contributed by atoms with Gasteiger partial charge in [-0.1, -0.05) is 72.8 Å². The van der Waals surface area contributed by atoms with Crippen LogP contribution in [0.5, 0.6) is 5.75 Å². The highest BCUT2D eigenvalue weighted by atomic mass is 16.5. The zero-order valence-corrected chi connectivity index (χ0v) is 16.4. The van der Waals surface area contributed by atoms with Gasteiger partial charge >= 0.3 is 6.03 Å². The molecule has 3 aromatic rings. The van der Waals surface area contributed by atoms with Crippen molar-refractivity contribution in [3.63, 3.8) is 0 Å². The molecular weight excluding hydrogens is 362 g/mol.